The third kappa shape index (κ3) is 2.69. The molecule has 0 aliphatic carbocycles. The van der Waals surface area contributed by atoms with Crippen LogP contribution in [0.5, 0.6) is 0 Å². The number of nitro groups is 1. The molecule has 0 bridgehead atoms. The third-order valence-corrected chi connectivity index (χ3v) is 2.38. The number of non-ortho nitro benzene ring substituents is 1. The van der Waals surface area contributed by atoms with Gasteiger partial charge in [-0.1, -0.05) is 11.2 Å². The second-order valence-electron chi connectivity index (χ2n) is 3.72. The van der Waals surface area contributed by atoms with Gasteiger partial charge in [-0.2, -0.15) is 4.98 Å². The second-order valence-corrected chi connectivity index (χ2v) is 3.72. The largest absolute Gasteiger partial charge is 0.334 e. The Morgan fingerprint density at radius 2 is 2.28 bits per heavy atom. The summed E-state index contributed by atoms with van der Waals surface area (Å²) in [6.07, 6.45) is 1.41. The Labute approximate surface area is 103 Å². The van der Waals surface area contributed by atoms with E-state index < -0.39 is 4.92 Å². The molecule has 1 aromatic heterocycles. The molecular formula is C11H12N4O3. The van der Waals surface area contributed by atoms with Gasteiger partial charge in [0.25, 0.3) is 11.6 Å². The van der Waals surface area contributed by atoms with Gasteiger partial charge in [-0.05, 0) is 19.0 Å². The van der Waals surface area contributed by atoms with Gasteiger partial charge in [-0.3, -0.25) is 10.1 Å². The first-order valence-electron chi connectivity index (χ1n) is 5.48. The highest BCUT2D eigenvalue weighted by Gasteiger charge is 2.12. The van der Waals surface area contributed by atoms with Crippen molar-refractivity contribution in [3.63, 3.8) is 0 Å². The van der Waals surface area contributed by atoms with E-state index in [-0.39, 0.29) is 11.6 Å². The van der Waals surface area contributed by atoms with Crippen LogP contribution in [0.4, 0.5) is 5.69 Å². The molecule has 0 unspecified atom stereocenters. The molecule has 7 nitrogen and oxygen atoms in total. The fourth-order valence-electron chi connectivity index (χ4n) is 1.49. The Kier molecular flexibility index (Phi) is 3.63. The highest BCUT2D eigenvalue weighted by Crippen LogP contribution is 2.22. The number of rotatable bonds is 5. The molecule has 2 rings (SSSR count). The van der Waals surface area contributed by atoms with Crippen molar-refractivity contribution in [1.29, 1.82) is 0 Å². The molecule has 0 spiro atoms. The smallest absolute Gasteiger partial charge is 0.270 e. The lowest BCUT2D eigenvalue weighted by Crippen LogP contribution is -2.01. The van der Waals surface area contributed by atoms with Crippen LogP contribution in [0, 0.1) is 10.1 Å². The van der Waals surface area contributed by atoms with E-state index in [9.17, 15) is 10.1 Å². The normalized spacial score (nSPS) is 10.5. The fraction of sp³-hybridized carbons (Fsp3) is 0.273. The average molecular weight is 248 g/mol. The summed E-state index contributed by atoms with van der Waals surface area (Å²) in [6, 6.07) is 6.08. The van der Waals surface area contributed by atoms with E-state index in [1.54, 1.807) is 12.1 Å². The van der Waals surface area contributed by atoms with Crippen molar-refractivity contribution in [1.82, 2.24) is 10.1 Å². The number of nitrogens with two attached hydrogens (primary N) is 1. The van der Waals surface area contributed by atoms with Crippen molar-refractivity contribution in [3.05, 3.63) is 40.2 Å². The van der Waals surface area contributed by atoms with Crippen LogP contribution < -0.4 is 5.73 Å². The van der Waals surface area contributed by atoms with E-state index in [1.807, 2.05) is 0 Å². The Hall–Kier alpha value is -2.28. The molecule has 18 heavy (non-hydrogen) atoms. The van der Waals surface area contributed by atoms with E-state index in [1.165, 1.54) is 12.1 Å². The van der Waals surface area contributed by atoms with Gasteiger partial charge >= 0.3 is 0 Å². The zero-order chi connectivity index (χ0) is 13.0. The van der Waals surface area contributed by atoms with E-state index in [4.69, 9.17) is 10.3 Å². The van der Waals surface area contributed by atoms with E-state index in [2.05, 4.69) is 10.1 Å². The average Bonchev–Trinajstić information content (AvgIpc) is 2.85. The van der Waals surface area contributed by atoms with Crippen LogP contribution in [-0.4, -0.2) is 21.6 Å². The summed E-state index contributed by atoms with van der Waals surface area (Å²) in [4.78, 5) is 14.4. The Bertz CT molecular complexity index is 553. The molecule has 1 aromatic carbocycles. The van der Waals surface area contributed by atoms with Crippen LogP contribution in [0.15, 0.2) is 28.8 Å². The number of hydrogen-bond donors (Lipinski definition) is 1. The summed E-state index contributed by atoms with van der Waals surface area (Å²) in [7, 11) is 0. The molecule has 0 radical (unpaired) electrons. The summed E-state index contributed by atoms with van der Waals surface area (Å²) < 4.78 is 5.06. The quantitative estimate of drug-likeness (QED) is 0.635. The summed E-state index contributed by atoms with van der Waals surface area (Å²) >= 11 is 0. The second kappa shape index (κ2) is 5.37. The zero-order valence-corrected chi connectivity index (χ0v) is 9.57. The number of aromatic nitrogens is 2. The number of nitro benzene ring substituents is 1. The van der Waals surface area contributed by atoms with Gasteiger partial charge in [0.2, 0.25) is 0 Å². The molecule has 0 saturated carbocycles. The Morgan fingerprint density at radius 3 is 3.00 bits per heavy atom. The fourth-order valence-corrected chi connectivity index (χ4v) is 1.49. The van der Waals surface area contributed by atoms with Crippen molar-refractivity contribution in [2.45, 2.75) is 12.8 Å². The standard InChI is InChI=1S/C11H12N4O3/c12-6-2-5-10-13-11(18-14-10)8-3-1-4-9(7-8)15(16)17/h1,3-4,7H,2,5-6,12H2. The lowest BCUT2D eigenvalue weighted by Gasteiger charge is -1.94. The molecule has 2 N–H and O–H groups in total. The van der Waals surface area contributed by atoms with Gasteiger partial charge in [0.05, 0.1) is 4.92 Å². The minimum absolute atomic E-state index is 0.00536. The van der Waals surface area contributed by atoms with Gasteiger partial charge in [0, 0.05) is 24.1 Å². The molecule has 0 fully saturated rings. The van der Waals surface area contributed by atoms with Crippen molar-refractivity contribution < 1.29 is 9.45 Å². The van der Waals surface area contributed by atoms with Crippen molar-refractivity contribution >= 4 is 5.69 Å². The first kappa shape index (κ1) is 12.2. The van der Waals surface area contributed by atoms with Crippen LogP contribution in [0.25, 0.3) is 11.5 Å². The van der Waals surface area contributed by atoms with Gasteiger partial charge in [0.1, 0.15) is 0 Å². The molecule has 2 aromatic rings. The number of aryl methyl sites for hydroxylation is 1. The van der Waals surface area contributed by atoms with Crippen molar-refractivity contribution in [2.24, 2.45) is 5.73 Å². The van der Waals surface area contributed by atoms with Crippen LogP contribution in [-0.2, 0) is 6.42 Å². The molecule has 1 heterocycles. The topological polar surface area (TPSA) is 108 Å². The highest BCUT2D eigenvalue weighted by molar-refractivity contribution is 5.57. The maximum absolute atomic E-state index is 10.7. The summed E-state index contributed by atoms with van der Waals surface area (Å²) in [5.74, 6) is 0.840. The summed E-state index contributed by atoms with van der Waals surface area (Å²) in [6.45, 7) is 0.556. The van der Waals surface area contributed by atoms with Crippen molar-refractivity contribution in [3.8, 4) is 11.5 Å². The maximum Gasteiger partial charge on any atom is 0.270 e. The number of hydrogen-bond acceptors (Lipinski definition) is 6. The van der Waals surface area contributed by atoms with Crippen LogP contribution >= 0.6 is 0 Å². The molecule has 7 heteroatoms. The van der Waals surface area contributed by atoms with Crippen molar-refractivity contribution in [2.75, 3.05) is 6.54 Å². The van der Waals surface area contributed by atoms with Gasteiger partial charge in [-0.25, -0.2) is 0 Å². The molecular weight excluding hydrogens is 236 g/mol. The summed E-state index contributed by atoms with van der Waals surface area (Å²) in [5.41, 5.74) is 5.92. The maximum atomic E-state index is 10.7. The van der Waals surface area contributed by atoms with E-state index >= 15 is 0 Å². The SMILES string of the molecule is NCCCc1noc(-c2cccc([N+](=O)[O-])c2)n1. The molecule has 0 saturated heterocycles. The Balaban J connectivity index is 2.23. The molecule has 94 valence electrons. The van der Waals surface area contributed by atoms with Crippen LogP contribution in [0.1, 0.15) is 12.2 Å². The zero-order valence-electron chi connectivity index (χ0n) is 9.57. The van der Waals surface area contributed by atoms with Gasteiger partial charge in [-0.15, -0.1) is 0 Å². The monoisotopic (exact) mass is 248 g/mol. The minimum Gasteiger partial charge on any atom is -0.334 e. The molecule has 0 aliphatic rings. The summed E-state index contributed by atoms with van der Waals surface area (Å²) in [5, 5.41) is 14.4. The predicted molar refractivity (Wildman–Crippen MR) is 63.8 cm³/mol. The van der Waals surface area contributed by atoms with E-state index in [0.717, 1.165) is 6.42 Å². The highest BCUT2D eigenvalue weighted by atomic mass is 16.6. The minimum atomic E-state index is -0.463. The first-order chi connectivity index (χ1) is 8.70. The van der Waals surface area contributed by atoms with Crippen LogP contribution in [0.3, 0.4) is 0 Å². The predicted octanol–water partition coefficient (Wildman–Crippen LogP) is 1.54. The lowest BCUT2D eigenvalue weighted by molar-refractivity contribution is -0.384. The lowest BCUT2D eigenvalue weighted by atomic mass is 10.2. The molecule has 0 amide bonds. The number of nitrogens with zero attached hydrogens (tertiary/aromatic N) is 3. The third-order valence-electron chi connectivity index (χ3n) is 2.38. The van der Waals surface area contributed by atoms with Gasteiger partial charge in [0.15, 0.2) is 5.82 Å². The molecule has 0 atom stereocenters. The number of benzene rings is 1. The Morgan fingerprint density at radius 1 is 1.44 bits per heavy atom. The first-order valence-corrected chi connectivity index (χ1v) is 5.48. The molecule has 0 aliphatic heterocycles. The van der Waals surface area contributed by atoms with Gasteiger partial charge < -0.3 is 10.3 Å². The van der Waals surface area contributed by atoms with E-state index in [0.29, 0.717) is 24.4 Å². The van der Waals surface area contributed by atoms with Crippen LogP contribution in [0.2, 0.25) is 0 Å².